The van der Waals surface area contributed by atoms with Crippen LogP contribution in [0.4, 0.5) is 5.69 Å². The van der Waals surface area contributed by atoms with Crippen molar-refractivity contribution >= 4 is 17.5 Å². The van der Waals surface area contributed by atoms with Gasteiger partial charge in [0.1, 0.15) is 0 Å². The molecule has 0 unspecified atom stereocenters. The summed E-state index contributed by atoms with van der Waals surface area (Å²) in [6.45, 7) is 7.69. The first-order chi connectivity index (χ1) is 14.5. The maximum Gasteiger partial charge on any atom is 0.227 e. The van der Waals surface area contributed by atoms with Gasteiger partial charge in [-0.3, -0.25) is 9.59 Å². The number of rotatable bonds is 9. The first-order valence-corrected chi connectivity index (χ1v) is 10.6. The molecule has 2 amide bonds. The highest BCUT2D eigenvalue weighted by Crippen LogP contribution is 2.30. The molecule has 1 saturated heterocycles. The molecule has 3 rings (SSSR count). The molecule has 6 heteroatoms. The SMILES string of the molecule is CCOc1ccc([C@H](C)NC(=O)Cc2ccc(N3CCCC3=O)cc2)cc1OCC. The van der Waals surface area contributed by atoms with Gasteiger partial charge in [-0.1, -0.05) is 18.2 Å². The van der Waals surface area contributed by atoms with E-state index in [0.717, 1.165) is 29.8 Å². The van der Waals surface area contributed by atoms with Crippen LogP contribution in [0.1, 0.15) is 50.8 Å². The minimum absolute atomic E-state index is 0.0562. The second-order valence-corrected chi connectivity index (χ2v) is 7.35. The van der Waals surface area contributed by atoms with E-state index in [1.54, 1.807) is 4.90 Å². The zero-order valence-corrected chi connectivity index (χ0v) is 17.9. The van der Waals surface area contributed by atoms with Gasteiger partial charge in [0.05, 0.1) is 25.7 Å². The number of nitrogens with zero attached hydrogens (tertiary/aromatic N) is 1. The third-order valence-corrected chi connectivity index (χ3v) is 5.13. The molecule has 0 aliphatic carbocycles. The van der Waals surface area contributed by atoms with E-state index in [4.69, 9.17) is 9.47 Å². The summed E-state index contributed by atoms with van der Waals surface area (Å²) in [7, 11) is 0. The van der Waals surface area contributed by atoms with Crippen molar-refractivity contribution in [2.24, 2.45) is 0 Å². The number of hydrogen-bond acceptors (Lipinski definition) is 4. The Kier molecular flexibility index (Phi) is 7.33. The standard InChI is InChI=1S/C24H30N2O4/c1-4-29-21-13-10-19(16-22(21)30-5-2)17(3)25-23(27)15-18-8-11-20(12-9-18)26-14-6-7-24(26)28/h8-13,16-17H,4-7,14-15H2,1-3H3,(H,25,27)/t17-/m0/s1. The Morgan fingerprint density at radius 3 is 2.40 bits per heavy atom. The molecule has 160 valence electrons. The summed E-state index contributed by atoms with van der Waals surface area (Å²) in [4.78, 5) is 26.2. The molecular formula is C24H30N2O4. The van der Waals surface area contributed by atoms with E-state index in [9.17, 15) is 9.59 Å². The van der Waals surface area contributed by atoms with E-state index >= 15 is 0 Å². The summed E-state index contributed by atoms with van der Waals surface area (Å²) in [5.41, 5.74) is 2.77. The molecule has 1 fully saturated rings. The second-order valence-electron chi connectivity index (χ2n) is 7.35. The van der Waals surface area contributed by atoms with Gasteiger partial charge in [-0.2, -0.15) is 0 Å². The Balaban J connectivity index is 1.60. The highest BCUT2D eigenvalue weighted by atomic mass is 16.5. The van der Waals surface area contributed by atoms with Gasteiger partial charge in [0, 0.05) is 18.7 Å². The van der Waals surface area contributed by atoms with Crippen LogP contribution in [0.25, 0.3) is 0 Å². The maximum atomic E-state index is 12.5. The van der Waals surface area contributed by atoms with Crippen molar-refractivity contribution in [2.75, 3.05) is 24.7 Å². The summed E-state index contributed by atoms with van der Waals surface area (Å²) >= 11 is 0. The Morgan fingerprint density at radius 1 is 1.07 bits per heavy atom. The highest BCUT2D eigenvalue weighted by molar-refractivity contribution is 5.95. The number of amides is 2. The van der Waals surface area contributed by atoms with Crippen LogP contribution in [0.3, 0.4) is 0 Å². The summed E-state index contributed by atoms with van der Waals surface area (Å²) in [5.74, 6) is 1.50. The minimum Gasteiger partial charge on any atom is -0.490 e. The van der Waals surface area contributed by atoms with Crippen molar-refractivity contribution in [3.8, 4) is 11.5 Å². The lowest BCUT2D eigenvalue weighted by atomic mass is 10.1. The van der Waals surface area contributed by atoms with E-state index < -0.39 is 0 Å². The molecule has 1 aliphatic rings. The number of ether oxygens (including phenoxy) is 2. The average molecular weight is 411 g/mol. The summed E-state index contributed by atoms with van der Waals surface area (Å²) < 4.78 is 11.3. The van der Waals surface area contributed by atoms with Gasteiger partial charge >= 0.3 is 0 Å². The second kappa shape index (κ2) is 10.1. The van der Waals surface area contributed by atoms with Crippen molar-refractivity contribution < 1.29 is 19.1 Å². The van der Waals surface area contributed by atoms with E-state index in [2.05, 4.69) is 5.32 Å². The number of carbonyl (C=O) groups excluding carboxylic acids is 2. The molecule has 30 heavy (non-hydrogen) atoms. The fraction of sp³-hybridized carbons (Fsp3) is 0.417. The van der Waals surface area contributed by atoms with Crippen LogP contribution in [0.15, 0.2) is 42.5 Å². The minimum atomic E-state index is -0.158. The first kappa shape index (κ1) is 21.7. The predicted molar refractivity (Wildman–Crippen MR) is 117 cm³/mol. The van der Waals surface area contributed by atoms with Gasteiger partial charge in [0.25, 0.3) is 0 Å². The van der Waals surface area contributed by atoms with E-state index in [0.29, 0.717) is 31.1 Å². The van der Waals surface area contributed by atoms with Crippen molar-refractivity contribution in [2.45, 2.75) is 46.1 Å². The molecule has 2 aromatic rings. The van der Waals surface area contributed by atoms with Gasteiger partial charge in [0.15, 0.2) is 11.5 Å². The Hall–Kier alpha value is -3.02. The fourth-order valence-electron chi connectivity index (χ4n) is 3.61. The predicted octanol–water partition coefficient (Wildman–Crippen LogP) is 4.03. The number of nitrogens with one attached hydrogen (secondary N) is 1. The molecule has 0 aromatic heterocycles. The third-order valence-electron chi connectivity index (χ3n) is 5.13. The van der Waals surface area contributed by atoms with Gasteiger partial charge in [-0.25, -0.2) is 0 Å². The van der Waals surface area contributed by atoms with Crippen LogP contribution in [-0.4, -0.2) is 31.6 Å². The fourth-order valence-corrected chi connectivity index (χ4v) is 3.61. The van der Waals surface area contributed by atoms with Crippen molar-refractivity contribution in [1.82, 2.24) is 5.32 Å². The van der Waals surface area contributed by atoms with Crippen molar-refractivity contribution in [3.05, 3.63) is 53.6 Å². The van der Waals surface area contributed by atoms with Gasteiger partial charge in [0.2, 0.25) is 11.8 Å². The van der Waals surface area contributed by atoms with E-state index in [1.165, 1.54) is 0 Å². The lowest BCUT2D eigenvalue weighted by Crippen LogP contribution is -2.28. The van der Waals surface area contributed by atoms with Crippen LogP contribution in [-0.2, 0) is 16.0 Å². The lowest BCUT2D eigenvalue weighted by Gasteiger charge is -2.18. The number of benzene rings is 2. The Labute approximate surface area is 178 Å². The molecule has 0 radical (unpaired) electrons. The van der Waals surface area contributed by atoms with Crippen LogP contribution < -0.4 is 19.7 Å². The lowest BCUT2D eigenvalue weighted by molar-refractivity contribution is -0.121. The van der Waals surface area contributed by atoms with E-state index in [1.807, 2.05) is 63.2 Å². The maximum absolute atomic E-state index is 12.5. The number of hydrogen-bond donors (Lipinski definition) is 1. The molecule has 1 heterocycles. The number of anilines is 1. The summed E-state index contributed by atoms with van der Waals surface area (Å²) in [6.07, 6.45) is 1.80. The molecule has 0 spiro atoms. The summed E-state index contributed by atoms with van der Waals surface area (Å²) in [6, 6.07) is 13.2. The monoisotopic (exact) mass is 410 g/mol. The van der Waals surface area contributed by atoms with Crippen molar-refractivity contribution in [3.63, 3.8) is 0 Å². The van der Waals surface area contributed by atoms with Gasteiger partial charge in [-0.15, -0.1) is 0 Å². The van der Waals surface area contributed by atoms with Gasteiger partial charge in [-0.05, 0) is 62.6 Å². The van der Waals surface area contributed by atoms with Gasteiger partial charge < -0.3 is 19.7 Å². The average Bonchev–Trinajstić information content (AvgIpc) is 3.16. The van der Waals surface area contributed by atoms with Crippen LogP contribution in [0.2, 0.25) is 0 Å². The molecule has 1 atom stereocenters. The van der Waals surface area contributed by atoms with Crippen LogP contribution >= 0.6 is 0 Å². The molecule has 1 aliphatic heterocycles. The normalized spacial score (nSPS) is 14.5. The first-order valence-electron chi connectivity index (χ1n) is 10.6. The van der Waals surface area contributed by atoms with Crippen LogP contribution in [0, 0.1) is 0 Å². The summed E-state index contributed by atoms with van der Waals surface area (Å²) in [5, 5.41) is 3.04. The Bertz CT molecular complexity index is 879. The molecular weight excluding hydrogens is 380 g/mol. The zero-order valence-electron chi connectivity index (χ0n) is 17.9. The van der Waals surface area contributed by atoms with Crippen LogP contribution in [0.5, 0.6) is 11.5 Å². The molecule has 6 nitrogen and oxygen atoms in total. The smallest absolute Gasteiger partial charge is 0.227 e. The molecule has 0 bridgehead atoms. The quantitative estimate of drug-likeness (QED) is 0.678. The molecule has 0 saturated carbocycles. The molecule has 1 N–H and O–H groups in total. The van der Waals surface area contributed by atoms with E-state index in [-0.39, 0.29) is 24.3 Å². The largest absolute Gasteiger partial charge is 0.490 e. The van der Waals surface area contributed by atoms with Crippen molar-refractivity contribution in [1.29, 1.82) is 0 Å². The topological polar surface area (TPSA) is 67.9 Å². The highest BCUT2D eigenvalue weighted by Gasteiger charge is 2.21. The zero-order chi connectivity index (χ0) is 21.5. The Morgan fingerprint density at radius 2 is 1.77 bits per heavy atom. The number of carbonyl (C=O) groups is 2. The molecule has 2 aromatic carbocycles. The third kappa shape index (κ3) is 5.32.